The largest absolute Gasteiger partial charge is 0.495 e. The minimum atomic E-state index is -0.975. The van der Waals surface area contributed by atoms with Crippen LogP contribution in [0.2, 0.25) is 0 Å². The quantitative estimate of drug-likeness (QED) is 0.674. The fraction of sp³-hybridized carbons (Fsp3) is 0.158. The Hall–Kier alpha value is -3.68. The second-order valence-electron chi connectivity index (χ2n) is 5.62. The van der Waals surface area contributed by atoms with Gasteiger partial charge in [-0.05, 0) is 43.3 Å². The Labute approximate surface area is 155 Å². The summed E-state index contributed by atoms with van der Waals surface area (Å²) in [6, 6.07) is 13.6. The summed E-state index contributed by atoms with van der Waals surface area (Å²) in [5.41, 5.74) is 1.59. The predicted octanol–water partition coefficient (Wildman–Crippen LogP) is 2.46. The first-order chi connectivity index (χ1) is 13.1. The van der Waals surface area contributed by atoms with Gasteiger partial charge >= 0.3 is 5.97 Å². The zero-order chi connectivity index (χ0) is 19.2. The van der Waals surface area contributed by atoms with Crippen LogP contribution in [0.1, 0.15) is 17.3 Å². The molecule has 27 heavy (non-hydrogen) atoms. The van der Waals surface area contributed by atoms with Crippen molar-refractivity contribution in [2.24, 2.45) is 0 Å². The van der Waals surface area contributed by atoms with E-state index in [0.29, 0.717) is 17.0 Å². The van der Waals surface area contributed by atoms with Crippen LogP contribution in [-0.2, 0) is 9.53 Å². The molecule has 8 heteroatoms. The van der Waals surface area contributed by atoms with E-state index in [0.717, 1.165) is 5.69 Å². The minimum Gasteiger partial charge on any atom is -0.495 e. The zero-order valence-electron chi connectivity index (χ0n) is 14.8. The second-order valence-corrected chi connectivity index (χ2v) is 5.62. The molecule has 1 heterocycles. The van der Waals surface area contributed by atoms with Crippen LogP contribution in [0, 0.1) is 0 Å². The molecule has 0 unspecified atom stereocenters. The normalized spacial score (nSPS) is 11.5. The Morgan fingerprint density at radius 3 is 2.52 bits per heavy atom. The highest BCUT2D eigenvalue weighted by molar-refractivity contribution is 5.98. The third kappa shape index (κ3) is 4.30. The highest BCUT2D eigenvalue weighted by Gasteiger charge is 2.20. The van der Waals surface area contributed by atoms with E-state index in [1.165, 1.54) is 20.4 Å². The van der Waals surface area contributed by atoms with Crippen LogP contribution in [0.15, 0.2) is 61.2 Å². The van der Waals surface area contributed by atoms with Crippen LogP contribution >= 0.6 is 0 Å². The number of hydrogen-bond donors (Lipinski definition) is 1. The van der Waals surface area contributed by atoms with E-state index in [1.54, 1.807) is 59.5 Å². The molecule has 0 aliphatic carbocycles. The first kappa shape index (κ1) is 18.1. The summed E-state index contributed by atoms with van der Waals surface area (Å²) in [5.74, 6) is -0.525. The SMILES string of the molecule is COc1ccccc1NC(=O)[C@@H](C)OC(=O)c1ccc(-n2cncn2)cc1. The van der Waals surface area contributed by atoms with Crippen LogP contribution in [0.25, 0.3) is 5.69 Å². The van der Waals surface area contributed by atoms with Crippen LogP contribution in [0.4, 0.5) is 5.69 Å². The number of aromatic nitrogens is 3. The molecule has 0 aliphatic rings. The molecular formula is C19H18N4O4. The molecule has 3 aromatic rings. The van der Waals surface area contributed by atoms with Gasteiger partial charge in [-0.2, -0.15) is 5.10 Å². The minimum absolute atomic E-state index is 0.329. The highest BCUT2D eigenvalue weighted by Crippen LogP contribution is 2.23. The van der Waals surface area contributed by atoms with Gasteiger partial charge in [-0.15, -0.1) is 0 Å². The van der Waals surface area contributed by atoms with Crippen LogP contribution < -0.4 is 10.1 Å². The monoisotopic (exact) mass is 366 g/mol. The van der Waals surface area contributed by atoms with Gasteiger partial charge in [0.2, 0.25) is 0 Å². The van der Waals surface area contributed by atoms with Gasteiger partial charge in [0, 0.05) is 0 Å². The smallest absolute Gasteiger partial charge is 0.338 e. The maximum Gasteiger partial charge on any atom is 0.338 e. The number of methoxy groups -OCH3 is 1. The molecule has 1 N–H and O–H groups in total. The zero-order valence-corrected chi connectivity index (χ0v) is 14.8. The molecule has 1 atom stereocenters. The molecule has 0 saturated carbocycles. The van der Waals surface area contributed by atoms with Crippen molar-refractivity contribution in [1.82, 2.24) is 14.8 Å². The summed E-state index contributed by atoms with van der Waals surface area (Å²) in [6.07, 6.45) is 2.00. The number of benzene rings is 2. The Morgan fingerprint density at radius 1 is 1.11 bits per heavy atom. The van der Waals surface area contributed by atoms with Crippen molar-refractivity contribution in [2.45, 2.75) is 13.0 Å². The Bertz CT molecular complexity index is 923. The number of carbonyl (C=O) groups is 2. The summed E-state index contributed by atoms with van der Waals surface area (Å²) in [4.78, 5) is 28.4. The number of nitrogens with one attached hydrogen (secondary N) is 1. The molecule has 0 aliphatic heterocycles. The van der Waals surface area contributed by atoms with E-state index in [2.05, 4.69) is 15.4 Å². The molecule has 8 nitrogen and oxygen atoms in total. The van der Waals surface area contributed by atoms with Crippen molar-refractivity contribution >= 4 is 17.6 Å². The van der Waals surface area contributed by atoms with Crippen molar-refractivity contribution in [3.8, 4) is 11.4 Å². The first-order valence-corrected chi connectivity index (χ1v) is 8.18. The van der Waals surface area contributed by atoms with Gasteiger partial charge in [0.05, 0.1) is 24.0 Å². The van der Waals surface area contributed by atoms with Gasteiger partial charge in [0.1, 0.15) is 18.4 Å². The first-order valence-electron chi connectivity index (χ1n) is 8.18. The lowest BCUT2D eigenvalue weighted by Gasteiger charge is -2.15. The van der Waals surface area contributed by atoms with E-state index in [4.69, 9.17) is 9.47 Å². The number of anilines is 1. The number of hydrogen-bond acceptors (Lipinski definition) is 6. The molecule has 138 valence electrons. The number of carbonyl (C=O) groups excluding carboxylic acids is 2. The Balaban J connectivity index is 1.62. The lowest BCUT2D eigenvalue weighted by atomic mass is 10.2. The predicted molar refractivity (Wildman–Crippen MR) is 97.9 cm³/mol. The van der Waals surface area contributed by atoms with Gasteiger partial charge < -0.3 is 14.8 Å². The maximum absolute atomic E-state index is 12.3. The summed E-state index contributed by atoms with van der Waals surface area (Å²) in [5, 5.41) is 6.70. The van der Waals surface area contributed by atoms with E-state index < -0.39 is 18.0 Å². The molecule has 3 rings (SSSR count). The number of ether oxygens (including phenoxy) is 2. The van der Waals surface area contributed by atoms with Crippen LogP contribution in [0.5, 0.6) is 5.75 Å². The van der Waals surface area contributed by atoms with Crippen molar-refractivity contribution in [3.05, 3.63) is 66.7 Å². The molecule has 0 bridgehead atoms. The maximum atomic E-state index is 12.3. The van der Waals surface area contributed by atoms with Gasteiger partial charge in [-0.3, -0.25) is 4.79 Å². The number of nitrogens with zero attached hydrogens (tertiary/aromatic N) is 3. The molecule has 0 saturated heterocycles. The number of amides is 1. The van der Waals surface area contributed by atoms with E-state index in [9.17, 15) is 9.59 Å². The molecule has 0 spiro atoms. The lowest BCUT2D eigenvalue weighted by molar-refractivity contribution is -0.123. The van der Waals surface area contributed by atoms with Crippen molar-refractivity contribution in [2.75, 3.05) is 12.4 Å². The van der Waals surface area contributed by atoms with Crippen molar-refractivity contribution in [3.63, 3.8) is 0 Å². The number of para-hydroxylation sites is 2. The van der Waals surface area contributed by atoms with Gasteiger partial charge in [-0.25, -0.2) is 14.5 Å². The lowest BCUT2D eigenvalue weighted by Crippen LogP contribution is -2.30. The highest BCUT2D eigenvalue weighted by atomic mass is 16.5. The molecular weight excluding hydrogens is 348 g/mol. The second kappa shape index (κ2) is 8.13. The average molecular weight is 366 g/mol. The van der Waals surface area contributed by atoms with Gasteiger partial charge in [0.15, 0.2) is 6.10 Å². The molecule has 0 fully saturated rings. The standard InChI is InChI=1S/C19H18N4O4/c1-13(18(24)22-16-5-3-4-6-17(16)26-2)27-19(25)14-7-9-15(10-8-14)23-12-20-11-21-23/h3-13H,1-2H3,(H,22,24)/t13-/m1/s1. The van der Waals surface area contributed by atoms with Crippen molar-refractivity contribution < 1.29 is 19.1 Å². The van der Waals surface area contributed by atoms with Crippen LogP contribution in [-0.4, -0.2) is 39.9 Å². The summed E-state index contributed by atoms with van der Waals surface area (Å²) >= 11 is 0. The summed E-state index contributed by atoms with van der Waals surface area (Å²) in [6.45, 7) is 1.51. The third-order valence-electron chi connectivity index (χ3n) is 3.80. The third-order valence-corrected chi connectivity index (χ3v) is 3.80. The Kier molecular flexibility index (Phi) is 5.46. The summed E-state index contributed by atoms with van der Waals surface area (Å²) < 4.78 is 12.0. The number of esters is 1. The van der Waals surface area contributed by atoms with E-state index in [-0.39, 0.29) is 0 Å². The molecule has 1 aromatic heterocycles. The van der Waals surface area contributed by atoms with E-state index >= 15 is 0 Å². The molecule has 1 amide bonds. The van der Waals surface area contributed by atoms with E-state index in [1.807, 2.05) is 0 Å². The fourth-order valence-corrected chi connectivity index (χ4v) is 2.36. The Morgan fingerprint density at radius 2 is 1.85 bits per heavy atom. The summed E-state index contributed by atoms with van der Waals surface area (Å²) in [7, 11) is 1.51. The fourth-order valence-electron chi connectivity index (χ4n) is 2.36. The van der Waals surface area contributed by atoms with Gasteiger partial charge in [-0.1, -0.05) is 12.1 Å². The van der Waals surface area contributed by atoms with Gasteiger partial charge in [0.25, 0.3) is 5.91 Å². The molecule has 0 radical (unpaired) electrons. The van der Waals surface area contributed by atoms with Crippen molar-refractivity contribution in [1.29, 1.82) is 0 Å². The van der Waals surface area contributed by atoms with Crippen LogP contribution in [0.3, 0.4) is 0 Å². The average Bonchev–Trinajstić information content (AvgIpc) is 3.23. The topological polar surface area (TPSA) is 95.3 Å². The molecule has 2 aromatic carbocycles. The number of rotatable bonds is 6.